The number of carbonyl (C=O) groups is 1. The zero-order valence-electron chi connectivity index (χ0n) is 13.0. The Morgan fingerprint density at radius 1 is 1.45 bits per heavy atom. The maximum absolute atomic E-state index is 12.3. The summed E-state index contributed by atoms with van der Waals surface area (Å²) in [6.07, 6.45) is 0.976. The number of rotatable bonds is 4. The van der Waals surface area contributed by atoms with Crippen molar-refractivity contribution in [3.8, 4) is 0 Å². The van der Waals surface area contributed by atoms with E-state index in [1.54, 1.807) is 16.2 Å². The number of ether oxygens (including phenoxy) is 1. The monoisotopic (exact) mass is 325 g/mol. The van der Waals surface area contributed by atoms with Gasteiger partial charge in [0.05, 0.1) is 42.5 Å². The minimum Gasteiger partial charge on any atom is -0.387 e. The van der Waals surface area contributed by atoms with Crippen molar-refractivity contribution in [2.75, 3.05) is 45.9 Å². The van der Waals surface area contributed by atoms with E-state index in [1.165, 1.54) is 0 Å². The molecule has 0 unspecified atom stereocenters. The molecule has 22 heavy (non-hydrogen) atoms. The van der Waals surface area contributed by atoms with Crippen LogP contribution in [0.5, 0.6) is 0 Å². The largest absolute Gasteiger partial charge is 0.387 e. The van der Waals surface area contributed by atoms with E-state index in [2.05, 4.69) is 9.88 Å². The molecule has 2 aliphatic rings. The van der Waals surface area contributed by atoms with Crippen molar-refractivity contribution in [3.63, 3.8) is 0 Å². The van der Waals surface area contributed by atoms with Crippen LogP contribution in [-0.2, 0) is 16.0 Å². The number of nitrogens with zero attached hydrogens (tertiary/aromatic N) is 3. The molecule has 0 aromatic carbocycles. The predicted molar refractivity (Wildman–Crippen MR) is 84.0 cm³/mol. The Bertz CT molecular complexity index is 530. The maximum atomic E-state index is 12.3. The highest BCUT2D eigenvalue weighted by Gasteiger charge is 2.39. The Morgan fingerprint density at radius 2 is 2.23 bits per heavy atom. The SMILES string of the molecule is Cc1nc(CC(=O)N2CC[C@@](O)(CN3CCOCC3)C2)cs1. The van der Waals surface area contributed by atoms with Crippen LogP contribution < -0.4 is 0 Å². The summed E-state index contributed by atoms with van der Waals surface area (Å²) in [6.45, 7) is 6.77. The van der Waals surface area contributed by atoms with Gasteiger partial charge in [0.2, 0.25) is 5.91 Å². The first-order valence-corrected chi connectivity index (χ1v) is 8.63. The second kappa shape index (κ2) is 6.62. The van der Waals surface area contributed by atoms with Gasteiger partial charge in [-0.2, -0.15) is 0 Å². The Kier molecular flexibility index (Phi) is 4.77. The van der Waals surface area contributed by atoms with E-state index in [4.69, 9.17) is 4.74 Å². The highest BCUT2D eigenvalue weighted by atomic mass is 32.1. The van der Waals surface area contributed by atoms with Crippen molar-refractivity contribution < 1.29 is 14.6 Å². The van der Waals surface area contributed by atoms with Crippen LogP contribution in [0.15, 0.2) is 5.38 Å². The molecule has 1 N–H and O–H groups in total. The Hall–Kier alpha value is -1.02. The minimum absolute atomic E-state index is 0.0585. The molecule has 122 valence electrons. The normalized spacial score (nSPS) is 26.5. The van der Waals surface area contributed by atoms with Gasteiger partial charge in [-0.3, -0.25) is 9.69 Å². The van der Waals surface area contributed by atoms with Gasteiger partial charge in [0.25, 0.3) is 0 Å². The lowest BCUT2D eigenvalue weighted by atomic mass is 10.0. The molecule has 1 atom stereocenters. The Balaban J connectivity index is 1.53. The summed E-state index contributed by atoms with van der Waals surface area (Å²) >= 11 is 1.56. The summed E-state index contributed by atoms with van der Waals surface area (Å²) in [5, 5.41) is 13.7. The van der Waals surface area contributed by atoms with Gasteiger partial charge < -0.3 is 14.7 Å². The third-order valence-electron chi connectivity index (χ3n) is 4.31. The number of morpholine rings is 1. The zero-order valence-corrected chi connectivity index (χ0v) is 13.8. The molecule has 1 aromatic heterocycles. The average molecular weight is 325 g/mol. The van der Waals surface area contributed by atoms with Crippen LogP contribution in [0.3, 0.4) is 0 Å². The number of aliphatic hydroxyl groups is 1. The van der Waals surface area contributed by atoms with E-state index in [0.717, 1.165) is 37.0 Å². The van der Waals surface area contributed by atoms with E-state index in [-0.39, 0.29) is 5.91 Å². The second-order valence-electron chi connectivity index (χ2n) is 6.21. The molecule has 1 amide bonds. The number of aryl methyl sites for hydroxylation is 1. The standard InChI is InChI=1S/C15H23N3O3S/c1-12-16-13(9-22-12)8-14(19)18-3-2-15(20,11-18)10-17-4-6-21-7-5-17/h9,20H,2-8,10-11H2,1H3/t15-/m1/s1. The summed E-state index contributed by atoms with van der Waals surface area (Å²) in [5.41, 5.74) is 0.0430. The van der Waals surface area contributed by atoms with Gasteiger partial charge >= 0.3 is 0 Å². The number of thiazole rings is 1. The molecule has 7 heteroatoms. The molecule has 0 aliphatic carbocycles. The molecule has 2 aliphatic heterocycles. The highest BCUT2D eigenvalue weighted by Crippen LogP contribution is 2.24. The highest BCUT2D eigenvalue weighted by molar-refractivity contribution is 7.09. The third-order valence-corrected chi connectivity index (χ3v) is 5.13. The quantitative estimate of drug-likeness (QED) is 0.862. The van der Waals surface area contributed by atoms with E-state index in [0.29, 0.717) is 32.5 Å². The Labute approximate surface area is 134 Å². The molecule has 3 rings (SSSR count). The summed E-state index contributed by atoms with van der Waals surface area (Å²) in [4.78, 5) is 20.7. The molecule has 0 radical (unpaired) electrons. The van der Waals surface area contributed by atoms with E-state index in [9.17, 15) is 9.90 Å². The van der Waals surface area contributed by atoms with Crippen LogP contribution in [0.4, 0.5) is 0 Å². The molecule has 0 bridgehead atoms. The Morgan fingerprint density at radius 3 is 2.91 bits per heavy atom. The molecular formula is C15H23N3O3S. The number of β-amino-alcohol motifs (C(OH)–C–C–N with tert-alkyl or cyclic N) is 1. The number of likely N-dealkylation sites (tertiary alicyclic amines) is 1. The second-order valence-corrected chi connectivity index (χ2v) is 7.28. The van der Waals surface area contributed by atoms with Gasteiger partial charge in [-0.1, -0.05) is 0 Å². The average Bonchev–Trinajstić information content (AvgIpc) is 3.06. The number of carbonyl (C=O) groups excluding carboxylic acids is 1. The lowest BCUT2D eigenvalue weighted by Crippen LogP contribution is -2.49. The summed E-state index contributed by atoms with van der Waals surface area (Å²) in [6, 6.07) is 0. The molecular weight excluding hydrogens is 302 g/mol. The van der Waals surface area contributed by atoms with Gasteiger partial charge in [-0.05, 0) is 13.3 Å². The predicted octanol–water partition coefficient (Wildman–Crippen LogP) is 0.290. The van der Waals surface area contributed by atoms with Crippen LogP contribution in [0, 0.1) is 6.92 Å². The smallest absolute Gasteiger partial charge is 0.228 e. The van der Waals surface area contributed by atoms with Crippen molar-refractivity contribution in [2.24, 2.45) is 0 Å². The van der Waals surface area contributed by atoms with E-state index < -0.39 is 5.60 Å². The number of amides is 1. The van der Waals surface area contributed by atoms with Crippen molar-refractivity contribution in [1.29, 1.82) is 0 Å². The first-order chi connectivity index (χ1) is 10.5. The summed E-state index contributed by atoms with van der Waals surface area (Å²) in [7, 11) is 0. The van der Waals surface area contributed by atoms with Crippen molar-refractivity contribution >= 4 is 17.2 Å². The number of aromatic nitrogens is 1. The van der Waals surface area contributed by atoms with Gasteiger partial charge in [-0.15, -0.1) is 11.3 Å². The topological polar surface area (TPSA) is 65.9 Å². The van der Waals surface area contributed by atoms with Crippen molar-refractivity contribution in [1.82, 2.24) is 14.8 Å². The number of hydrogen-bond acceptors (Lipinski definition) is 6. The molecule has 2 saturated heterocycles. The van der Waals surface area contributed by atoms with Crippen molar-refractivity contribution in [2.45, 2.75) is 25.4 Å². The molecule has 0 saturated carbocycles. The fourth-order valence-electron chi connectivity index (χ4n) is 3.13. The van der Waals surface area contributed by atoms with Crippen LogP contribution in [-0.4, -0.2) is 77.3 Å². The molecule has 3 heterocycles. The molecule has 6 nitrogen and oxygen atoms in total. The fourth-order valence-corrected chi connectivity index (χ4v) is 3.74. The molecule has 2 fully saturated rings. The molecule has 0 spiro atoms. The lowest BCUT2D eigenvalue weighted by Gasteiger charge is -2.33. The van der Waals surface area contributed by atoms with Gasteiger partial charge in [0.1, 0.15) is 0 Å². The van der Waals surface area contributed by atoms with Crippen LogP contribution in [0.1, 0.15) is 17.1 Å². The van der Waals surface area contributed by atoms with E-state index >= 15 is 0 Å². The van der Waals surface area contributed by atoms with Gasteiger partial charge in [-0.25, -0.2) is 4.98 Å². The molecule has 1 aromatic rings. The van der Waals surface area contributed by atoms with Crippen molar-refractivity contribution in [3.05, 3.63) is 16.1 Å². The number of hydrogen-bond donors (Lipinski definition) is 1. The summed E-state index contributed by atoms with van der Waals surface area (Å²) < 4.78 is 5.33. The third kappa shape index (κ3) is 3.84. The van der Waals surface area contributed by atoms with E-state index in [1.807, 2.05) is 12.3 Å². The summed E-state index contributed by atoms with van der Waals surface area (Å²) in [5.74, 6) is 0.0585. The first kappa shape index (κ1) is 15.9. The maximum Gasteiger partial charge on any atom is 0.228 e. The fraction of sp³-hybridized carbons (Fsp3) is 0.733. The lowest BCUT2D eigenvalue weighted by molar-refractivity contribution is -0.130. The zero-order chi connectivity index (χ0) is 15.6. The first-order valence-electron chi connectivity index (χ1n) is 7.75. The minimum atomic E-state index is -0.787. The van der Waals surface area contributed by atoms with Gasteiger partial charge in [0, 0.05) is 31.6 Å². The van der Waals surface area contributed by atoms with Gasteiger partial charge in [0.15, 0.2) is 0 Å². The van der Waals surface area contributed by atoms with Crippen LogP contribution in [0.25, 0.3) is 0 Å². The van der Waals surface area contributed by atoms with Crippen LogP contribution >= 0.6 is 11.3 Å². The van der Waals surface area contributed by atoms with Crippen LogP contribution in [0.2, 0.25) is 0 Å².